The van der Waals surface area contributed by atoms with Gasteiger partial charge in [-0.25, -0.2) is 0 Å². The van der Waals surface area contributed by atoms with Crippen LogP contribution < -0.4 is 0 Å². The van der Waals surface area contributed by atoms with Crippen molar-refractivity contribution in [2.24, 2.45) is 0 Å². The molecule has 17 heavy (non-hydrogen) atoms. The zero-order valence-electron chi connectivity index (χ0n) is 9.16. The average molecular weight is 253 g/mol. The van der Waals surface area contributed by atoms with E-state index in [1.165, 1.54) is 0 Å². The molecule has 1 aromatic heterocycles. The van der Waals surface area contributed by atoms with Crippen LogP contribution >= 0.6 is 0 Å². The first-order valence-corrected chi connectivity index (χ1v) is 6.48. The summed E-state index contributed by atoms with van der Waals surface area (Å²) in [7, 11) is -2.46. The predicted molar refractivity (Wildman–Crippen MR) is 61.6 cm³/mol. The molecule has 90 valence electrons. The molecule has 5 nitrogen and oxygen atoms in total. The van der Waals surface area contributed by atoms with Crippen LogP contribution in [-0.2, 0) is 20.1 Å². The van der Waals surface area contributed by atoms with Gasteiger partial charge in [0, 0.05) is 11.6 Å². The minimum Gasteiger partial charge on any atom is -0.360 e. The molecular weight excluding hydrogens is 242 g/mol. The van der Waals surface area contributed by atoms with Crippen molar-refractivity contribution in [1.29, 1.82) is 0 Å². The summed E-state index contributed by atoms with van der Waals surface area (Å²) in [6.45, 7) is 0. The third kappa shape index (κ3) is 2.92. The number of benzene rings is 1. The van der Waals surface area contributed by atoms with Gasteiger partial charge in [0.05, 0.1) is 7.11 Å². The minimum absolute atomic E-state index is 0.255. The monoisotopic (exact) mass is 253 g/mol. The second-order valence-electron chi connectivity index (χ2n) is 3.41. The minimum atomic E-state index is -3.58. The first-order valence-electron chi connectivity index (χ1n) is 4.90. The summed E-state index contributed by atoms with van der Waals surface area (Å²) in [6.07, 6.45) is 0. The van der Waals surface area contributed by atoms with E-state index in [-0.39, 0.29) is 11.5 Å². The molecule has 0 aliphatic rings. The van der Waals surface area contributed by atoms with Gasteiger partial charge in [0.2, 0.25) is 0 Å². The molecule has 0 unspecified atom stereocenters. The topological polar surface area (TPSA) is 69.4 Å². The highest BCUT2D eigenvalue weighted by molar-refractivity contribution is 7.85. The van der Waals surface area contributed by atoms with E-state index in [0.717, 1.165) is 12.7 Å². The van der Waals surface area contributed by atoms with Crippen LogP contribution in [0.25, 0.3) is 11.3 Å². The summed E-state index contributed by atoms with van der Waals surface area (Å²) in [6, 6.07) is 11.0. The third-order valence-electron chi connectivity index (χ3n) is 2.20. The standard InChI is InChI=1S/C11H11NO4S/c1-15-17(13,14)8-10-7-11(12-16-10)9-5-3-2-4-6-9/h2-7H,8H2,1H3. The normalized spacial score (nSPS) is 11.6. The van der Waals surface area contributed by atoms with Gasteiger partial charge < -0.3 is 4.52 Å². The summed E-state index contributed by atoms with van der Waals surface area (Å²) in [4.78, 5) is 0. The van der Waals surface area contributed by atoms with Crippen LogP contribution in [0, 0.1) is 0 Å². The maximum Gasteiger partial charge on any atom is 0.274 e. The van der Waals surface area contributed by atoms with Crippen LogP contribution in [0.15, 0.2) is 40.9 Å². The van der Waals surface area contributed by atoms with Crippen LogP contribution in [0.1, 0.15) is 5.76 Å². The second kappa shape index (κ2) is 4.68. The molecule has 2 aromatic rings. The number of aromatic nitrogens is 1. The van der Waals surface area contributed by atoms with Gasteiger partial charge in [-0.05, 0) is 0 Å². The van der Waals surface area contributed by atoms with Gasteiger partial charge in [0.15, 0.2) is 5.76 Å². The first-order chi connectivity index (χ1) is 8.11. The van der Waals surface area contributed by atoms with E-state index in [4.69, 9.17) is 4.52 Å². The fourth-order valence-corrected chi connectivity index (χ4v) is 1.96. The molecule has 0 radical (unpaired) electrons. The molecule has 1 aromatic carbocycles. The van der Waals surface area contributed by atoms with Crippen LogP contribution in [0.2, 0.25) is 0 Å². The van der Waals surface area contributed by atoms with Crippen molar-refractivity contribution in [3.05, 3.63) is 42.2 Å². The molecular formula is C11H11NO4S. The van der Waals surface area contributed by atoms with Crippen molar-refractivity contribution in [2.45, 2.75) is 5.75 Å². The Morgan fingerprint density at radius 3 is 2.65 bits per heavy atom. The maximum atomic E-state index is 11.2. The van der Waals surface area contributed by atoms with Gasteiger partial charge in [0.25, 0.3) is 10.1 Å². The van der Waals surface area contributed by atoms with Gasteiger partial charge in [-0.1, -0.05) is 35.5 Å². The summed E-state index contributed by atoms with van der Waals surface area (Å²) in [5.74, 6) is -0.0609. The molecule has 1 heterocycles. The molecule has 0 amide bonds. The van der Waals surface area contributed by atoms with E-state index in [9.17, 15) is 8.42 Å². The Bertz CT molecular complexity index is 589. The van der Waals surface area contributed by atoms with E-state index in [0.29, 0.717) is 5.69 Å². The Balaban J connectivity index is 2.23. The van der Waals surface area contributed by atoms with E-state index in [1.807, 2.05) is 30.3 Å². The summed E-state index contributed by atoms with van der Waals surface area (Å²) >= 11 is 0. The van der Waals surface area contributed by atoms with Crippen molar-refractivity contribution >= 4 is 10.1 Å². The van der Waals surface area contributed by atoms with Crippen molar-refractivity contribution in [2.75, 3.05) is 7.11 Å². The Morgan fingerprint density at radius 2 is 2.00 bits per heavy atom. The fraction of sp³-hybridized carbons (Fsp3) is 0.182. The SMILES string of the molecule is COS(=O)(=O)Cc1cc(-c2ccccc2)no1. The van der Waals surface area contributed by atoms with Crippen LogP contribution in [0.5, 0.6) is 0 Å². The maximum absolute atomic E-state index is 11.2. The molecule has 0 saturated carbocycles. The van der Waals surface area contributed by atoms with E-state index in [2.05, 4.69) is 9.34 Å². The van der Waals surface area contributed by atoms with E-state index >= 15 is 0 Å². The highest BCUT2D eigenvalue weighted by Crippen LogP contribution is 2.19. The molecule has 0 atom stereocenters. The molecule has 2 rings (SSSR count). The third-order valence-corrected chi connectivity index (χ3v) is 3.35. The quantitative estimate of drug-likeness (QED) is 0.777. The number of nitrogens with zero attached hydrogens (tertiary/aromatic N) is 1. The fourth-order valence-electron chi connectivity index (χ4n) is 1.36. The Kier molecular flexibility index (Phi) is 3.26. The van der Waals surface area contributed by atoms with Gasteiger partial charge in [-0.3, -0.25) is 4.18 Å². The molecule has 0 saturated heterocycles. The second-order valence-corrected chi connectivity index (χ2v) is 5.15. The molecule has 0 fully saturated rings. The zero-order chi connectivity index (χ0) is 12.3. The average Bonchev–Trinajstić information content (AvgIpc) is 2.78. The first kappa shape index (κ1) is 11.8. The molecule has 0 N–H and O–H groups in total. The molecule has 0 bridgehead atoms. The largest absolute Gasteiger partial charge is 0.360 e. The lowest BCUT2D eigenvalue weighted by atomic mass is 10.1. The molecule has 0 aliphatic carbocycles. The Morgan fingerprint density at radius 1 is 1.29 bits per heavy atom. The summed E-state index contributed by atoms with van der Waals surface area (Å²) < 4.78 is 31.7. The van der Waals surface area contributed by atoms with Gasteiger partial charge in [-0.15, -0.1) is 0 Å². The van der Waals surface area contributed by atoms with Crippen LogP contribution in [0.4, 0.5) is 0 Å². The highest BCUT2D eigenvalue weighted by Gasteiger charge is 2.15. The highest BCUT2D eigenvalue weighted by atomic mass is 32.2. The predicted octanol–water partition coefficient (Wildman–Crippen LogP) is 1.82. The van der Waals surface area contributed by atoms with Crippen molar-refractivity contribution in [3.63, 3.8) is 0 Å². The van der Waals surface area contributed by atoms with Crippen molar-refractivity contribution in [3.8, 4) is 11.3 Å². The summed E-state index contributed by atoms with van der Waals surface area (Å²) in [5, 5.41) is 3.81. The van der Waals surface area contributed by atoms with E-state index < -0.39 is 10.1 Å². The lowest BCUT2D eigenvalue weighted by Gasteiger charge is -1.95. The van der Waals surface area contributed by atoms with Crippen LogP contribution in [-0.4, -0.2) is 20.7 Å². The molecule has 6 heteroatoms. The summed E-state index contributed by atoms with van der Waals surface area (Å²) in [5.41, 5.74) is 1.48. The zero-order valence-corrected chi connectivity index (χ0v) is 9.98. The van der Waals surface area contributed by atoms with Gasteiger partial charge in [-0.2, -0.15) is 8.42 Å². The smallest absolute Gasteiger partial charge is 0.274 e. The van der Waals surface area contributed by atoms with Gasteiger partial charge >= 0.3 is 0 Å². The van der Waals surface area contributed by atoms with Gasteiger partial charge in [0.1, 0.15) is 11.4 Å². The Labute approximate surface area is 99.1 Å². The van der Waals surface area contributed by atoms with Crippen LogP contribution in [0.3, 0.4) is 0 Å². The van der Waals surface area contributed by atoms with E-state index in [1.54, 1.807) is 6.07 Å². The number of hydrogen-bond acceptors (Lipinski definition) is 5. The lowest BCUT2D eigenvalue weighted by Crippen LogP contribution is -2.04. The van der Waals surface area contributed by atoms with Crippen molar-refractivity contribution < 1.29 is 17.1 Å². The molecule has 0 spiro atoms. The lowest BCUT2D eigenvalue weighted by molar-refractivity contribution is 0.372. The number of rotatable bonds is 4. The van der Waals surface area contributed by atoms with Crippen molar-refractivity contribution in [1.82, 2.24) is 5.16 Å². The number of hydrogen-bond donors (Lipinski definition) is 0. The Hall–Kier alpha value is -1.66. The molecule has 0 aliphatic heterocycles.